The highest BCUT2D eigenvalue weighted by Crippen LogP contribution is 2.32. The van der Waals surface area contributed by atoms with Crippen molar-refractivity contribution in [2.45, 2.75) is 49.8 Å². The molecular formula is C26H37N7O4S2. The van der Waals surface area contributed by atoms with Gasteiger partial charge < -0.3 is 14.8 Å². The summed E-state index contributed by atoms with van der Waals surface area (Å²) in [5, 5.41) is 4.27. The number of piperidine rings is 1. The molecule has 3 N–H and O–H groups in total. The number of anilines is 2. The van der Waals surface area contributed by atoms with Gasteiger partial charge in [0.25, 0.3) is 0 Å². The molecule has 0 amide bonds. The third-order valence-electron chi connectivity index (χ3n) is 8.05. The maximum Gasteiger partial charge on any atom is 0.226 e. The maximum atomic E-state index is 12.1. The zero-order valence-electron chi connectivity index (χ0n) is 22.4. The number of rotatable bonds is 8. The molecule has 1 saturated heterocycles. The molecule has 0 unspecified atom stereocenters. The van der Waals surface area contributed by atoms with Gasteiger partial charge in [0, 0.05) is 55.9 Å². The van der Waals surface area contributed by atoms with Crippen LogP contribution in [0.5, 0.6) is 0 Å². The molecule has 212 valence electrons. The first-order chi connectivity index (χ1) is 18.5. The van der Waals surface area contributed by atoms with Gasteiger partial charge in [-0.25, -0.2) is 21.8 Å². The second-order valence-electron chi connectivity index (χ2n) is 10.8. The van der Waals surface area contributed by atoms with Crippen LogP contribution in [0.4, 0.5) is 11.6 Å². The van der Waals surface area contributed by atoms with Gasteiger partial charge in [-0.05, 0) is 68.7 Å². The smallest absolute Gasteiger partial charge is 0.226 e. The van der Waals surface area contributed by atoms with Crippen molar-refractivity contribution in [3.63, 3.8) is 0 Å². The second kappa shape index (κ2) is 11.0. The van der Waals surface area contributed by atoms with Crippen molar-refractivity contribution in [1.29, 1.82) is 0 Å². The average Bonchev–Trinajstić information content (AvgIpc) is 3.34. The summed E-state index contributed by atoms with van der Waals surface area (Å²) in [4.78, 5) is 11.5. The monoisotopic (exact) mass is 575 g/mol. The first kappa shape index (κ1) is 27.8. The van der Waals surface area contributed by atoms with Gasteiger partial charge in [-0.1, -0.05) is 6.07 Å². The lowest BCUT2D eigenvalue weighted by atomic mass is 9.87. The molecule has 39 heavy (non-hydrogen) atoms. The molecule has 1 saturated carbocycles. The minimum Gasteiger partial charge on any atom is -0.371 e. The van der Waals surface area contributed by atoms with Crippen molar-refractivity contribution in [1.82, 2.24) is 18.9 Å². The van der Waals surface area contributed by atoms with Crippen LogP contribution in [0, 0.1) is 5.92 Å². The fourth-order valence-corrected chi connectivity index (χ4v) is 8.01. The number of sulfonamides is 1. The number of hydrogen-bond donors (Lipinski definition) is 2. The molecule has 2 aromatic heterocycles. The third kappa shape index (κ3) is 6.21. The summed E-state index contributed by atoms with van der Waals surface area (Å²) in [5.74, 6) is 6.94. The van der Waals surface area contributed by atoms with Crippen molar-refractivity contribution in [2.24, 2.45) is 11.8 Å². The number of nitrogens with zero attached hydrogens (tertiary/aromatic N) is 5. The number of hydrogen-bond acceptors (Lipinski definition) is 9. The zero-order valence-corrected chi connectivity index (χ0v) is 24.0. The number of hydrazine groups is 1. The van der Waals surface area contributed by atoms with Crippen LogP contribution in [0.2, 0.25) is 0 Å². The normalized spacial score (nSPS) is 21.5. The van der Waals surface area contributed by atoms with Crippen molar-refractivity contribution in [2.75, 3.05) is 42.4 Å². The van der Waals surface area contributed by atoms with Gasteiger partial charge in [-0.15, -0.1) is 4.41 Å². The minimum atomic E-state index is -3.41. The topological polar surface area (TPSA) is 144 Å². The van der Waals surface area contributed by atoms with Crippen LogP contribution < -0.4 is 16.1 Å². The van der Waals surface area contributed by atoms with E-state index in [1.54, 1.807) is 6.20 Å². The van der Waals surface area contributed by atoms with E-state index in [1.165, 1.54) is 13.3 Å². The lowest BCUT2D eigenvalue weighted by Gasteiger charge is -2.33. The lowest BCUT2D eigenvalue weighted by Crippen LogP contribution is -2.39. The summed E-state index contributed by atoms with van der Waals surface area (Å²) in [6.07, 6.45) is 9.64. The maximum absolute atomic E-state index is 12.1. The highest BCUT2D eigenvalue weighted by molar-refractivity contribution is 7.91. The Hall–Kier alpha value is -2.74. The molecule has 2 fully saturated rings. The van der Waals surface area contributed by atoms with Gasteiger partial charge in [0.2, 0.25) is 16.0 Å². The number of sulfone groups is 1. The molecule has 0 spiro atoms. The first-order valence-corrected chi connectivity index (χ1v) is 16.9. The molecule has 1 aromatic carbocycles. The zero-order chi connectivity index (χ0) is 27.8. The van der Waals surface area contributed by atoms with Crippen LogP contribution in [0.3, 0.4) is 0 Å². The Morgan fingerprint density at radius 1 is 1.03 bits per heavy atom. The highest BCUT2D eigenvalue weighted by Gasteiger charge is 2.29. The molecule has 1 aliphatic heterocycles. The number of fused-ring (bicyclic) bond motifs is 1. The summed E-state index contributed by atoms with van der Waals surface area (Å²) in [5.41, 5.74) is 2.12. The minimum absolute atomic E-state index is 0.0805. The molecule has 2 aliphatic rings. The molecule has 1 aliphatic carbocycles. The predicted molar refractivity (Wildman–Crippen MR) is 154 cm³/mol. The SMILES string of the molecule is CN(N)S(=O)(=O)CC1CCC(Nc2nccc(-n3ccc4c(N5CCC(S(C)(=O)=O)CC5)cccc43)n2)CC1. The summed E-state index contributed by atoms with van der Waals surface area (Å²) in [7, 11) is -5.05. The third-order valence-corrected chi connectivity index (χ3v) is 11.5. The van der Waals surface area contributed by atoms with Crippen LogP contribution in [0.1, 0.15) is 38.5 Å². The molecular weight excluding hydrogens is 538 g/mol. The highest BCUT2D eigenvalue weighted by atomic mass is 32.2. The largest absolute Gasteiger partial charge is 0.371 e. The predicted octanol–water partition coefficient (Wildman–Crippen LogP) is 2.54. The average molecular weight is 576 g/mol. The van der Waals surface area contributed by atoms with Gasteiger partial charge in [0.1, 0.15) is 15.7 Å². The fraction of sp³-hybridized carbons (Fsp3) is 0.538. The van der Waals surface area contributed by atoms with Crippen molar-refractivity contribution >= 4 is 42.4 Å². The molecule has 5 rings (SSSR count). The van der Waals surface area contributed by atoms with Gasteiger partial charge >= 0.3 is 0 Å². The lowest BCUT2D eigenvalue weighted by molar-refractivity contribution is 0.354. The van der Waals surface area contributed by atoms with Gasteiger partial charge in [0.15, 0.2) is 0 Å². The van der Waals surface area contributed by atoms with Gasteiger partial charge in [-0.3, -0.25) is 5.84 Å². The Balaban J connectivity index is 1.27. The van der Waals surface area contributed by atoms with E-state index in [-0.39, 0.29) is 23.0 Å². The van der Waals surface area contributed by atoms with Crippen LogP contribution in [-0.2, 0) is 19.9 Å². The summed E-state index contributed by atoms with van der Waals surface area (Å²) >= 11 is 0. The van der Waals surface area contributed by atoms with Crippen LogP contribution in [-0.4, -0.2) is 79.2 Å². The van der Waals surface area contributed by atoms with Gasteiger partial charge in [0.05, 0.1) is 16.5 Å². The van der Waals surface area contributed by atoms with E-state index in [2.05, 4.69) is 33.4 Å². The Morgan fingerprint density at radius 2 is 1.74 bits per heavy atom. The standard InChI is InChI=1S/C26H37N7O4S2/c1-31(27)39(36,37)18-19-6-8-20(9-7-19)29-26-28-14-10-25(30-26)33-17-13-22-23(4-3-5-24(22)33)32-15-11-21(12-16-32)38(2,34)35/h3-5,10,13-14,17,19-21H,6-9,11-12,15-16,18,27H2,1-2H3,(H,28,29,30). The molecule has 0 atom stereocenters. The molecule has 0 radical (unpaired) electrons. The Labute approximate surface area is 230 Å². The van der Waals surface area contributed by atoms with E-state index in [1.807, 2.05) is 22.9 Å². The van der Waals surface area contributed by atoms with E-state index >= 15 is 0 Å². The number of benzene rings is 1. The van der Waals surface area contributed by atoms with Crippen molar-refractivity contribution in [3.8, 4) is 5.82 Å². The Bertz CT molecular complexity index is 1520. The van der Waals surface area contributed by atoms with E-state index in [0.717, 1.165) is 52.5 Å². The van der Waals surface area contributed by atoms with E-state index in [0.29, 0.717) is 31.9 Å². The number of nitrogens with one attached hydrogen (secondary N) is 1. The van der Waals surface area contributed by atoms with Crippen molar-refractivity contribution in [3.05, 3.63) is 42.7 Å². The van der Waals surface area contributed by atoms with E-state index in [9.17, 15) is 16.8 Å². The molecule has 3 heterocycles. The second-order valence-corrected chi connectivity index (χ2v) is 15.2. The quantitative estimate of drug-likeness (QED) is 0.306. The van der Waals surface area contributed by atoms with Crippen molar-refractivity contribution < 1.29 is 16.8 Å². The van der Waals surface area contributed by atoms with Crippen LogP contribution in [0.15, 0.2) is 42.7 Å². The van der Waals surface area contributed by atoms with E-state index < -0.39 is 19.9 Å². The number of nitrogens with two attached hydrogens (primary N) is 1. The van der Waals surface area contributed by atoms with Crippen LogP contribution in [0.25, 0.3) is 16.7 Å². The van der Waals surface area contributed by atoms with Gasteiger partial charge in [-0.2, -0.15) is 4.98 Å². The van der Waals surface area contributed by atoms with E-state index in [4.69, 9.17) is 10.8 Å². The molecule has 3 aromatic rings. The summed E-state index contributed by atoms with van der Waals surface area (Å²) in [6, 6.07) is 10.3. The Kier molecular flexibility index (Phi) is 7.86. The molecule has 11 nitrogen and oxygen atoms in total. The summed E-state index contributed by atoms with van der Waals surface area (Å²) < 4.78 is 51.0. The number of aromatic nitrogens is 3. The first-order valence-electron chi connectivity index (χ1n) is 13.4. The summed E-state index contributed by atoms with van der Waals surface area (Å²) in [6.45, 7) is 1.42. The fourth-order valence-electron chi connectivity index (χ4n) is 5.78. The Morgan fingerprint density at radius 3 is 2.41 bits per heavy atom. The van der Waals surface area contributed by atoms with Crippen LogP contribution >= 0.6 is 0 Å². The molecule has 0 bridgehead atoms. The molecule has 13 heteroatoms.